The van der Waals surface area contributed by atoms with E-state index in [1.807, 2.05) is 20.8 Å². The Hall–Kier alpha value is -1.78. The molecule has 0 unspecified atom stereocenters. The molecule has 0 saturated heterocycles. The molecule has 1 aromatic heterocycles. The second-order valence-corrected chi connectivity index (χ2v) is 4.59. The monoisotopic (exact) mass is 240 g/mol. The van der Waals surface area contributed by atoms with E-state index in [4.69, 9.17) is 4.42 Å². The van der Waals surface area contributed by atoms with Crippen molar-refractivity contribution in [3.05, 3.63) is 23.2 Å². The molecule has 5 nitrogen and oxygen atoms in total. The molecule has 0 saturated carbocycles. The van der Waals surface area contributed by atoms with Crippen LogP contribution in [0, 0.1) is 0 Å². The number of hydrogen-bond acceptors (Lipinski definition) is 5. The fourth-order valence-electron chi connectivity index (χ4n) is 1.39. The molecular formula is C12H16O5. The van der Waals surface area contributed by atoms with Gasteiger partial charge in [0.25, 0.3) is 0 Å². The summed E-state index contributed by atoms with van der Waals surface area (Å²) in [7, 11) is 2.51. The van der Waals surface area contributed by atoms with Gasteiger partial charge < -0.3 is 13.9 Å². The molecule has 0 aliphatic rings. The Labute approximate surface area is 99.7 Å². The minimum atomic E-state index is -0.620. The molecule has 1 aromatic rings. The molecule has 0 radical (unpaired) electrons. The lowest BCUT2D eigenvalue weighted by atomic mass is 9.87. The number of esters is 2. The Bertz CT molecular complexity index is 436. The number of methoxy groups -OCH3 is 2. The second-order valence-electron chi connectivity index (χ2n) is 4.59. The summed E-state index contributed by atoms with van der Waals surface area (Å²) < 4.78 is 14.4. The molecule has 0 spiro atoms. The van der Waals surface area contributed by atoms with Crippen LogP contribution in [0.15, 0.2) is 10.5 Å². The minimum Gasteiger partial charge on any atom is -0.463 e. The summed E-state index contributed by atoms with van der Waals surface area (Å²) >= 11 is 0. The first-order valence-electron chi connectivity index (χ1n) is 5.12. The lowest BCUT2D eigenvalue weighted by molar-refractivity contribution is 0.0529. The molecule has 94 valence electrons. The van der Waals surface area contributed by atoms with Crippen molar-refractivity contribution in [3.63, 3.8) is 0 Å². The van der Waals surface area contributed by atoms with Crippen molar-refractivity contribution < 1.29 is 23.5 Å². The lowest BCUT2D eigenvalue weighted by Gasteiger charge is -2.16. The maximum atomic E-state index is 11.5. The standard InChI is InChI=1S/C12H16O5/c1-12(2,3)7-6-8(10(13)15-4)17-9(7)11(14)16-5/h6H,1-5H3. The summed E-state index contributed by atoms with van der Waals surface area (Å²) in [4.78, 5) is 22.9. The van der Waals surface area contributed by atoms with Gasteiger partial charge in [-0.25, -0.2) is 9.59 Å². The Balaban J connectivity index is 3.31. The Morgan fingerprint density at radius 1 is 1.12 bits per heavy atom. The van der Waals surface area contributed by atoms with Crippen LogP contribution < -0.4 is 0 Å². The third kappa shape index (κ3) is 2.67. The highest BCUT2D eigenvalue weighted by Gasteiger charge is 2.29. The predicted octanol–water partition coefficient (Wildman–Crippen LogP) is 2.15. The molecule has 0 bridgehead atoms. The fourth-order valence-corrected chi connectivity index (χ4v) is 1.39. The molecule has 0 N–H and O–H groups in total. The van der Waals surface area contributed by atoms with Crippen molar-refractivity contribution in [2.24, 2.45) is 0 Å². The summed E-state index contributed by atoms with van der Waals surface area (Å²) in [6.07, 6.45) is 0. The molecule has 0 atom stereocenters. The number of rotatable bonds is 2. The molecular weight excluding hydrogens is 224 g/mol. The first-order chi connectivity index (χ1) is 7.81. The zero-order valence-electron chi connectivity index (χ0n) is 10.6. The predicted molar refractivity (Wildman–Crippen MR) is 60.1 cm³/mol. The quantitative estimate of drug-likeness (QED) is 0.741. The van der Waals surface area contributed by atoms with Gasteiger partial charge in [-0.05, 0) is 11.5 Å². The van der Waals surface area contributed by atoms with Crippen LogP contribution in [0.3, 0.4) is 0 Å². The van der Waals surface area contributed by atoms with E-state index in [1.165, 1.54) is 20.3 Å². The van der Waals surface area contributed by atoms with Crippen LogP contribution in [-0.2, 0) is 14.9 Å². The average molecular weight is 240 g/mol. The van der Waals surface area contributed by atoms with Gasteiger partial charge in [0.15, 0.2) is 0 Å². The first kappa shape index (κ1) is 13.3. The number of carbonyl (C=O) groups excluding carboxylic acids is 2. The van der Waals surface area contributed by atoms with Crippen molar-refractivity contribution in [3.8, 4) is 0 Å². The van der Waals surface area contributed by atoms with E-state index in [0.717, 1.165) is 0 Å². The maximum absolute atomic E-state index is 11.5. The normalized spacial score (nSPS) is 11.1. The van der Waals surface area contributed by atoms with Crippen LogP contribution in [0.1, 0.15) is 47.4 Å². The van der Waals surface area contributed by atoms with Gasteiger partial charge in [-0.2, -0.15) is 0 Å². The summed E-state index contributed by atoms with van der Waals surface area (Å²) in [6, 6.07) is 1.51. The van der Waals surface area contributed by atoms with E-state index in [0.29, 0.717) is 5.56 Å². The number of furan rings is 1. The van der Waals surface area contributed by atoms with Crippen molar-refractivity contribution in [1.82, 2.24) is 0 Å². The lowest BCUT2D eigenvalue weighted by Crippen LogP contribution is -2.15. The summed E-state index contributed by atoms with van der Waals surface area (Å²) in [5.74, 6) is -1.19. The van der Waals surface area contributed by atoms with E-state index in [9.17, 15) is 9.59 Å². The van der Waals surface area contributed by atoms with Gasteiger partial charge in [0.05, 0.1) is 14.2 Å². The third-order valence-corrected chi connectivity index (χ3v) is 2.30. The average Bonchev–Trinajstić information content (AvgIpc) is 2.71. The van der Waals surface area contributed by atoms with Gasteiger partial charge in [-0.15, -0.1) is 0 Å². The highest BCUT2D eigenvalue weighted by Crippen LogP contribution is 2.29. The van der Waals surface area contributed by atoms with Crippen LogP contribution >= 0.6 is 0 Å². The van der Waals surface area contributed by atoms with Crippen LogP contribution in [0.25, 0.3) is 0 Å². The van der Waals surface area contributed by atoms with E-state index in [-0.39, 0.29) is 16.9 Å². The third-order valence-electron chi connectivity index (χ3n) is 2.30. The maximum Gasteiger partial charge on any atom is 0.374 e. The highest BCUT2D eigenvalue weighted by molar-refractivity contribution is 5.92. The van der Waals surface area contributed by atoms with Crippen molar-refractivity contribution in [1.29, 1.82) is 0 Å². The first-order valence-corrected chi connectivity index (χ1v) is 5.12. The largest absolute Gasteiger partial charge is 0.463 e. The van der Waals surface area contributed by atoms with Gasteiger partial charge >= 0.3 is 11.9 Å². The van der Waals surface area contributed by atoms with E-state index in [1.54, 1.807) is 0 Å². The van der Waals surface area contributed by atoms with E-state index in [2.05, 4.69) is 9.47 Å². The molecule has 0 aliphatic heterocycles. The SMILES string of the molecule is COC(=O)c1cc(C(C)(C)C)c(C(=O)OC)o1. The molecule has 17 heavy (non-hydrogen) atoms. The van der Waals surface area contributed by atoms with Gasteiger partial charge in [-0.1, -0.05) is 20.8 Å². The van der Waals surface area contributed by atoms with Crippen LogP contribution in [-0.4, -0.2) is 26.2 Å². The molecule has 5 heteroatoms. The van der Waals surface area contributed by atoms with Crippen molar-refractivity contribution >= 4 is 11.9 Å². The summed E-state index contributed by atoms with van der Waals surface area (Å²) in [5.41, 5.74) is 0.281. The zero-order chi connectivity index (χ0) is 13.2. The molecule has 0 aliphatic carbocycles. The van der Waals surface area contributed by atoms with Gasteiger partial charge in [-0.3, -0.25) is 0 Å². The second kappa shape index (κ2) is 4.61. The molecule has 0 fully saturated rings. The van der Waals surface area contributed by atoms with Gasteiger partial charge in [0.2, 0.25) is 11.5 Å². The molecule has 0 aromatic carbocycles. The van der Waals surface area contributed by atoms with Crippen LogP contribution in [0.2, 0.25) is 0 Å². The topological polar surface area (TPSA) is 65.7 Å². The number of hydrogen-bond donors (Lipinski definition) is 0. The molecule has 0 amide bonds. The van der Waals surface area contributed by atoms with Gasteiger partial charge in [0, 0.05) is 5.56 Å². The summed E-state index contributed by atoms with van der Waals surface area (Å²) in [6.45, 7) is 5.72. The summed E-state index contributed by atoms with van der Waals surface area (Å²) in [5, 5.41) is 0. The zero-order valence-corrected chi connectivity index (χ0v) is 10.6. The molecule has 1 rings (SSSR count). The smallest absolute Gasteiger partial charge is 0.374 e. The van der Waals surface area contributed by atoms with E-state index < -0.39 is 11.9 Å². The highest BCUT2D eigenvalue weighted by atomic mass is 16.5. The van der Waals surface area contributed by atoms with Crippen LogP contribution in [0.4, 0.5) is 0 Å². The minimum absolute atomic E-state index is 0.00201. The number of ether oxygens (including phenoxy) is 2. The fraction of sp³-hybridized carbons (Fsp3) is 0.500. The Morgan fingerprint density at radius 2 is 1.65 bits per heavy atom. The molecule has 1 heterocycles. The van der Waals surface area contributed by atoms with E-state index >= 15 is 0 Å². The van der Waals surface area contributed by atoms with Crippen molar-refractivity contribution in [2.75, 3.05) is 14.2 Å². The van der Waals surface area contributed by atoms with Gasteiger partial charge in [0.1, 0.15) is 0 Å². The van der Waals surface area contributed by atoms with Crippen LogP contribution in [0.5, 0.6) is 0 Å². The Morgan fingerprint density at radius 3 is 2.06 bits per heavy atom. The van der Waals surface area contributed by atoms with Crippen molar-refractivity contribution in [2.45, 2.75) is 26.2 Å². The number of carbonyl (C=O) groups is 2. The Kier molecular flexibility index (Phi) is 3.60.